The predicted molar refractivity (Wildman–Crippen MR) is 47.4 cm³/mol. The quantitative estimate of drug-likeness (QED) is 0.560. The second kappa shape index (κ2) is 2.22. The smallest absolute Gasteiger partial charge is 0.000550 e. The Labute approximate surface area is 69.6 Å². The minimum atomic E-state index is 0.556. The Kier molecular flexibility index (Phi) is 1.54. The summed E-state index contributed by atoms with van der Waals surface area (Å²) in [4.78, 5) is 0. The summed E-state index contributed by atoms with van der Waals surface area (Å²) in [6, 6.07) is 0. The molecule has 0 aromatic heterocycles. The maximum absolute atomic E-state index is 3.53. The van der Waals surface area contributed by atoms with E-state index in [1.54, 1.807) is 0 Å². The molecule has 1 aliphatic carbocycles. The number of fused-ring (bicyclic) bond motifs is 1. The number of piperidine rings is 1. The van der Waals surface area contributed by atoms with Crippen molar-refractivity contribution in [1.82, 2.24) is 5.32 Å². The van der Waals surface area contributed by atoms with Crippen molar-refractivity contribution in [3.05, 3.63) is 0 Å². The van der Waals surface area contributed by atoms with E-state index in [4.69, 9.17) is 0 Å². The topological polar surface area (TPSA) is 12.0 Å². The Morgan fingerprint density at radius 1 is 1.36 bits per heavy atom. The lowest BCUT2D eigenvalue weighted by molar-refractivity contribution is -0.0445. The molecule has 0 amide bonds. The molecule has 2 aliphatic rings. The summed E-state index contributed by atoms with van der Waals surface area (Å²) in [6.45, 7) is 9.73. The third kappa shape index (κ3) is 1.01. The van der Waals surface area contributed by atoms with Gasteiger partial charge in [0.25, 0.3) is 0 Å². The van der Waals surface area contributed by atoms with Crippen molar-refractivity contribution in [2.75, 3.05) is 13.1 Å². The molecule has 0 aromatic rings. The molecule has 0 bridgehead atoms. The molecule has 1 saturated heterocycles. The van der Waals surface area contributed by atoms with Gasteiger partial charge in [-0.3, -0.25) is 0 Å². The van der Waals surface area contributed by atoms with Crippen molar-refractivity contribution >= 4 is 0 Å². The van der Waals surface area contributed by atoms with Gasteiger partial charge in [0.1, 0.15) is 0 Å². The van der Waals surface area contributed by atoms with Gasteiger partial charge < -0.3 is 5.32 Å². The molecule has 11 heavy (non-hydrogen) atoms. The summed E-state index contributed by atoms with van der Waals surface area (Å²) in [5.41, 5.74) is 0.556. The molecule has 2 unspecified atom stereocenters. The summed E-state index contributed by atoms with van der Waals surface area (Å²) in [5.74, 6) is 2.98. The van der Waals surface area contributed by atoms with Crippen molar-refractivity contribution in [2.24, 2.45) is 23.2 Å². The van der Waals surface area contributed by atoms with Gasteiger partial charge in [0.15, 0.2) is 0 Å². The summed E-state index contributed by atoms with van der Waals surface area (Å²) in [7, 11) is 0. The zero-order valence-corrected chi connectivity index (χ0v) is 7.85. The van der Waals surface area contributed by atoms with E-state index in [0.717, 1.165) is 17.8 Å². The lowest BCUT2D eigenvalue weighted by atomic mass is 9.53. The number of hydrogen-bond acceptors (Lipinski definition) is 1. The molecule has 2 fully saturated rings. The normalized spacial score (nSPS) is 47.7. The molecule has 1 N–H and O–H groups in total. The van der Waals surface area contributed by atoms with Crippen molar-refractivity contribution < 1.29 is 0 Å². The van der Waals surface area contributed by atoms with Crippen molar-refractivity contribution in [2.45, 2.75) is 27.2 Å². The third-order valence-electron chi connectivity index (χ3n) is 3.68. The lowest BCUT2D eigenvalue weighted by Gasteiger charge is -2.55. The standard InChI is InChI=1S/C10H19N/c1-7-4-8-5-11-6-10(2,3)9(7)8/h7-9,11H,4-6H2,1-3H3/t7?,8-,9?/m1/s1. The third-order valence-corrected chi connectivity index (χ3v) is 3.68. The first-order valence-corrected chi connectivity index (χ1v) is 4.82. The molecule has 1 saturated carbocycles. The van der Waals surface area contributed by atoms with Crippen LogP contribution in [-0.4, -0.2) is 13.1 Å². The maximum atomic E-state index is 3.53. The first kappa shape index (κ1) is 7.60. The predicted octanol–water partition coefficient (Wildman–Crippen LogP) is 1.89. The van der Waals surface area contributed by atoms with Crippen LogP contribution in [0.2, 0.25) is 0 Å². The Morgan fingerprint density at radius 3 is 2.55 bits per heavy atom. The van der Waals surface area contributed by atoms with Crippen molar-refractivity contribution in [1.29, 1.82) is 0 Å². The molecule has 3 atom stereocenters. The number of hydrogen-bond donors (Lipinski definition) is 1. The fourth-order valence-corrected chi connectivity index (χ4v) is 3.36. The van der Waals surface area contributed by atoms with Crippen LogP contribution in [0.4, 0.5) is 0 Å². The Bertz CT molecular complexity index is 160. The van der Waals surface area contributed by atoms with Gasteiger partial charge in [0, 0.05) is 6.54 Å². The van der Waals surface area contributed by atoms with Gasteiger partial charge in [-0.2, -0.15) is 0 Å². The van der Waals surface area contributed by atoms with E-state index in [9.17, 15) is 0 Å². The highest BCUT2D eigenvalue weighted by Crippen LogP contribution is 2.51. The van der Waals surface area contributed by atoms with Crippen LogP contribution >= 0.6 is 0 Å². The first-order valence-electron chi connectivity index (χ1n) is 4.82. The van der Waals surface area contributed by atoms with Crippen LogP contribution in [0.15, 0.2) is 0 Å². The summed E-state index contributed by atoms with van der Waals surface area (Å²) in [6.07, 6.45) is 1.46. The number of nitrogens with one attached hydrogen (secondary N) is 1. The lowest BCUT2D eigenvalue weighted by Crippen LogP contribution is -2.57. The van der Waals surface area contributed by atoms with Gasteiger partial charge in [-0.1, -0.05) is 20.8 Å². The van der Waals surface area contributed by atoms with E-state index in [2.05, 4.69) is 26.1 Å². The van der Waals surface area contributed by atoms with Gasteiger partial charge in [0.2, 0.25) is 0 Å². The second-order valence-corrected chi connectivity index (χ2v) is 5.12. The van der Waals surface area contributed by atoms with E-state index in [1.807, 2.05) is 0 Å². The van der Waals surface area contributed by atoms with Crippen LogP contribution in [0.1, 0.15) is 27.2 Å². The molecular formula is C10H19N. The molecule has 0 radical (unpaired) electrons. The van der Waals surface area contributed by atoms with Crippen molar-refractivity contribution in [3.8, 4) is 0 Å². The zero-order valence-electron chi connectivity index (χ0n) is 7.85. The van der Waals surface area contributed by atoms with Crippen LogP contribution in [0.5, 0.6) is 0 Å². The first-order chi connectivity index (χ1) is 5.11. The van der Waals surface area contributed by atoms with Crippen molar-refractivity contribution in [3.63, 3.8) is 0 Å². The molecule has 64 valence electrons. The summed E-state index contributed by atoms with van der Waals surface area (Å²) >= 11 is 0. The van der Waals surface area contributed by atoms with Gasteiger partial charge in [0.05, 0.1) is 0 Å². The SMILES string of the molecule is CC1C[C@@H]2CNCC(C)(C)C12. The number of rotatable bonds is 0. The van der Waals surface area contributed by atoms with E-state index in [1.165, 1.54) is 19.5 Å². The van der Waals surface area contributed by atoms with Gasteiger partial charge in [-0.15, -0.1) is 0 Å². The fraction of sp³-hybridized carbons (Fsp3) is 1.00. The van der Waals surface area contributed by atoms with Gasteiger partial charge in [-0.05, 0) is 36.1 Å². The highest BCUT2D eigenvalue weighted by atomic mass is 14.9. The highest BCUT2D eigenvalue weighted by molar-refractivity contribution is 5.00. The fourth-order valence-electron chi connectivity index (χ4n) is 3.36. The van der Waals surface area contributed by atoms with Crippen LogP contribution < -0.4 is 5.32 Å². The minimum Gasteiger partial charge on any atom is -0.316 e. The molecule has 0 spiro atoms. The van der Waals surface area contributed by atoms with Crippen LogP contribution in [0.3, 0.4) is 0 Å². The average Bonchev–Trinajstić information content (AvgIpc) is 1.82. The van der Waals surface area contributed by atoms with Gasteiger partial charge in [-0.25, -0.2) is 0 Å². The Balaban J connectivity index is 2.11. The maximum Gasteiger partial charge on any atom is 0.000550 e. The average molecular weight is 153 g/mol. The van der Waals surface area contributed by atoms with Crippen LogP contribution in [0.25, 0.3) is 0 Å². The molecule has 1 heteroatoms. The van der Waals surface area contributed by atoms with Crippen LogP contribution in [0, 0.1) is 23.2 Å². The van der Waals surface area contributed by atoms with Gasteiger partial charge >= 0.3 is 0 Å². The highest BCUT2D eigenvalue weighted by Gasteiger charge is 2.48. The largest absolute Gasteiger partial charge is 0.316 e. The molecular weight excluding hydrogens is 134 g/mol. The van der Waals surface area contributed by atoms with E-state index < -0.39 is 0 Å². The van der Waals surface area contributed by atoms with E-state index >= 15 is 0 Å². The second-order valence-electron chi connectivity index (χ2n) is 5.12. The van der Waals surface area contributed by atoms with E-state index in [-0.39, 0.29) is 0 Å². The summed E-state index contributed by atoms with van der Waals surface area (Å²) in [5, 5.41) is 3.53. The molecule has 0 aromatic carbocycles. The molecule has 1 aliphatic heterocycles. The summed E-state index contributed by atoms with van der Waals surface area (Å²) < 4.78 is 0. The monoisotopic (exact) mass is 153 g/mol. The Morgan fingerprint density at radius 2 is 2.09 bits per heavy atom. The zero-order chi connectivity index (χ0) is 8.06. The molecule has 2 rings (SSSR count). The van der Waals surface area contributed by atoms with Crippen LogP contribution in [-0.2, 0) is 0 Å². The minimum absolute atomic E-state index is 0.556. The molecule has 1 nitrogen and oxygen atoms in total. The molecule has 1 heterocycles. The Hall–Kier alpha value is -0.0400. The van der Waals surface area contributed by atoms with E-state index in [0.29, 0.717) is 5.41 Å².